The minimum absolute atomic E-state index is 0.0479. The van der Waals surface area contributed by atoms with E-state index in [1.165, 1.54) is 0 Å². The van der Waals surface area contributed by atoms with Gasteiger partial charge in [0.1, 0.15) is 17.3 Å². The number of carbonyl (C=O) groups is 1. The fourth-order valence-electron chi connectivity index (χ4n) is 3.54. The second-order valence-corrected chi connectivity index (χ2v) is 7.08. The van der Waals surface area contributed by atoms with Crippen molar-refractivity contribution in [1.29, 1.82) is 0 Å². The number of ether oxygens (including phenoxy) is 2. The third-order valence-corrected chi connectivity index (χ3v) is 5.20. The molecule has 3 aromatic rings. The van der Waals surface area contributed by atoms with Gasteiger partial charge in [0.15, 0.2) is 0 Å². The van der Waals surface area contributed by atoms with Gasteiger partial charge in [-0.1, -0.05) is 29.8 Å². The number of methoxy groups -OCH3 is 2. The van der Waals surface area contributed by atoms with E-state index in [0.29, 0.717) is 35.3 Å². The zero-order valence-corrected chi connectivity index (χ0v) is 16.4. The molecule has 1 aliphatic rings. The number of halogens is 1. The lowest BCUT2D eigenvalue weighted by atomic mass is 9.86. The van der Waals surface area contributed by atoms with E-state index < -0.39 is 0 Å². The minimum Gasteiger partial charge on any atom is -0.497 e. The summed E-state index contributed by atoms with van der Waals surface area (Å²) >= 11 is 5.96. The molecule has 28 heavy (non-hydrogen) atoms. The van der Waals surface area contributed by atoms with Crippen molar-refractivity contribution >= 4 is 23.3 Å². The summed E-state index contributed by atoms with van der Waals surface area (Å²) in [6, 6.07) is 13.2. The summed E-state index contributed by atoms with van der Waals surface area (Å²) in [6.07, 6.45) is 2.15. The molecular weight excluding hydrogens is 378 g/mol. The van der Waals surface area contributed by atoms with Gasteiger partial charge in [0.05, 0.1) is 27.0 Å². The van der Waals surface area contributed by atoms with Crippen molar-refractivity contribution in [2.24, 2.45) is 0 Å². The summed E-state index contributed by atoms with van der Waals surface area (Å²) in [7, 11) is 3.23. The van der Waals surface area contributed by atoms with Crippen LogP contribution in [0.5, 0.6) is 11.5 Å². The quantitative estimate of drug-likeness (QED) is 0.704. The van der Waals surface area contributed by atoms with Crippen LogP contribution < -0.4 is 14.8 Å². The van der Waals surface area contributed by atoms with E-state index in [-0.39, 0.29) is 11.8 Å². The fraction of sp³-hybridized carbons (Fsp3) is 0.238. The minimum atomic E-state index is -0.136. The highest BCUT2D eigenvalue weighted by atomic mass is 35.5. The largest absolute Gasteiger partial charge is 0.497 e. The van der Waals surface area contributed by atoms with Crippen molar-refractivity contribution in [2.75, 3.05) is 19.5 Å². The molecule has 0 saturated carbocycles. The normalized spacial score (nSPS) is 15.7. The Hall–Kier alpha value is -2.99. The lowest BCUT2D eigenvalue weighted by molar-refractivity contribution is -0.116. The Labute approximate surface area is 168 Å². The first-order valence-electron chi connectivity index (χ1n) is 8.91. The molecule has 1 aliphatic heterocycles. The molecule has 7 heteroatoms. The summed E-state index contributed by atoms with van der Waals surface area (Å²) in [5.41, 5.74) is 2.95. The van der Waals surface area contributed by atoms with Crippen LogP contribution in [0.1, 0.15) is 29.0 Å². The van der Waals surface area contributed by atoms with Crippen LogP contribution in [0.25, 0.3) is 0 Å². The molecule has 6 nitrogen and oxygen atoms in total. The number of rotatable bonds is 5. The van der Waals surface area contributed by atoms with Crippen molar-refractivity contribution in [3.05, 3.63) is 70.4 Å². The number of aromatic nitrogens is 2. The predicted molar refractivity (Wildman–Crippen MR) is 107 cm³/mol. The van der Waals surface area contributed by atoms with Crippen LogP contribution in [-0.2, 0) is 11.3 Å². The van der Waals surface area contributed by atoms with Crippen LogP contribution in [0.4, 0.5) is 5.82 Å². The Bertz CT molecular complexity index is 1010. The van der Waals surface area contributed by atoms with Gasteiger partial charge < -0.3 is 14.8 Å². The average Bonchev–Trinajstić information content (AvgIpc) is 3.11. The highest BCUT2D eigenvalue weighted by Crippen LogP contribution is 2.41. The summed E-state index contributed by atoms with van der Waals surface area (Å²) in [6.45, 7) is 0.541. The summed E-state index contributed by atoms with van der Waals surface area (Å²) in [5.74, 6) is 1.93. The Morgan fingerprint density at radius 1 is 1.14 bits per heavy atom. The molecule has 144 valence electrons. The van der Waals surface area contributed by atoms with Crippen LogP contribution in [-0.4, -0.2) is 29.9 Å². The van der Waals surface area contributed by atoms with Gasteiger partial charge in [0, 0.05) is 34.6 Å². The second kappa shape index (κ2) is 7.56. The van der Waals surface area contributed by atoms with Gasteiger partial charge in [-0.05, 0) is 23.8 Å². The molecule has 0 unspecified atom stereocenters. The third-order valence-electron chi connectivity index (χ3n) is 4.95. The Balaban J connectivity index is 1.71. The first-order valence-corrected chi connectivity index (χ1v) is 9.28. The maximum Gasteiger partial charge on any atom is 0.226 e. The van der Waals surface area contributed by atoms with Crippen LogP contribution in [0.3, 0.4) is 0 Å². The molecule has 1 atom stereocenters. The fourth-order valence-corrected chi connectivity index (χ4v) is 3.66. The SMILES string of the molecule is COc1ccc([C@@H]2CC(=O)Nc3c2cnn3Cc2ccc(Cl)cc2)c(OC)c1. The second-order valence-electron chi connectivity index (χ2n) is 6.65. The monoisotopic (exact) mass is 397 g/mol. The van der Waals surface area contributed by atoms with Gasteiger partial charge >= 0.3 is 0 Å². The van der Waals surface area contributed by atoms with E-state index in [9.17, 15) is 4.79 Å². The number of benzene rings is 2. The Morgan fingerprint density at radius 2 is 1.93 bits per heavy atom. The maximum atomic E-state index is 12.4. The van der Waals surface area contributed by atoms with Gasteiger partial charge in [-0.25, -0.2) is 4.68 Å². The molecule has 0 saturated heterocycles. The average molecular weight is 398 g/mol. The molecule has 0 radical (unpaired) electrons. The molecule has 0 bridgehead atoms. The zero-order chi connectivity index (χ0) is 19.7. The molecule has 4 rings (SSSR count). The highest BCUT2D eigenvalue weighted by Gasteiger charge is 2.31. The number of fused-ring (bicyclic) bond motifs is 1. The number of hydrogen-bond acceptors (Lipinski definition) is 4. The van der Waals surface area contributed by atoms with Crippen molar-refractivity contribution in [2.45, 2.75) is 18.9 Å². The van der Waals surface area contributed by atoms with E-state index >= 15 is 0 Å². The number of carbonyl (C=O) groups excluding carboxylic acids is 1. The molecule has 2 aromatic carbocycles. The van der Waals surface area contributed by atoms with Gasteiger partial charge in [-0.2, -0.15) is 5.10 Å². The van der Waals surface area contributed by atoms with Gasteiger partial charge in [-0.3, -0.25) is 4.79 Å². The van der Waals surface area contributed by atoms with E-state index in [1.807, 2.05) is 48.7 Å². The van der Waals surface area contributed by atoms with E-state index in [4.69, 9.17) is 21.1 Å². The Kier molecular flexibility index (Phi) is 4.96. The van der Waals surface area contributed by atoms with Gasteiger partial charge in [-0.15, -0.1) is 0 Å². The zero-order valence-electron chi connectivity index (χ0n) is 15.6. The molecule has 0 aliphatic carbocycles. The van der Waals surface area contributed by atoms with Crippen LogP contribution in [0.2, 0.25) is 5.02 Å². The van der Waals surface area contributed by atoms with Crippen molar-refractivity contribution in [3.63, 3.8) is 0 Å². The number of hydrogen-bond donors (Lipinski definition) is 1. The molecule has 1 N–H and O–H groups in total. The van der Waals surface area contributed by atoms with Crippen LogP contribution in [0, 0.1) is 0 Å². The van der Waals surface area contributed by atoms with Gasteiger partial charge in [0.2, 0.25) is 5.91 Å². The lowest BCUT2D eigenvalue weighted by Crippen LogP contribution is -2.25. The molecule has 0 fully saturated rings. The highest BCUT2D eigenvalue weighted by molar-refractivity contribution is 6.30. The van der Waals surface area contributed by atoms with Crippen molar-refractivity contribution in [3.8, 4) is 11.5 Å². The molecule has 2 heterocycles. The molecule has 1 amide bonds. The number of nitrogens with zero attached hydrogens (tertiary/aromatic N) is 2. The topological polar surface area (TPSA) is 65.4 Å². The smallest absolute Gasteiger partial charge is 0.226 e. The van der Waals surface area contributed by atoms with Crippen LogP contribution in [0.15, 0.2) is 48.7 Å². The third kappa shape index (κ3) is 3.43. The molecule has 1 aromatic heterocycles. The first-order chi connectivity index (χ1) is 13.6. The lowest BCUT2D eigenvalue weighted by Gasteiger charge is -2.25. The Morgan fingerprint density at radius 3 is 2.64 bits per heavy atom. The summed E-state index contributed by atoms with van der Waals surface area (Å²) in [5, 5.41) is 8.17. The summed E-state index contributed by atoms with van der Waals surface area (Å²) in [4.78, 5) is 12.4. The van der Waals surface area contributed by atoms with E-state index in [2.05, 4.69) is 10.4 Å². The number of amides is 1. The van der Waals surface area contributed by atoms with E-state index in [0.717, 1.165) is 16.7 Å². The van der Waals surface area contributed by atoms with Crippen LogP contribution >= 0.6 is 11.6 Å². The summed E-state index contributed by atoms with van der Waals surface area (Å²) < 4.78 is 12.6. The molecule has 0 spiro atoms. The standard InChI is InChI=1S/C21H20ClN3O3/c1-27-15-7-8-16(19(9-15)28-2)17-10-20(26)24-21-18(17)11-23-25(21)12-13-3-5-14(22)6-4-13/h3-9,11,17H,10,12H2,1-2H3,(H,24,26)/t17-/m0/s1. The van der Waals surface area contributed by atoms with Crippen molar-refractivity contribution in [1.82, 2.24) is 9.78 Å². The molecular formula is C21H20ClN3O3. The maximum absolute atomic E-state index is 12.4. The van der Waals surface area contributed by atoms with Crippen molar-refractivity contribution < 1.29 is 14.3 Å². The predicted octanol–water partition coefficient (Wildman–Crippen LogP) is 4.08. The van der Waals surface area contributed by atoms with Gasteiger partial charge in [0.25, 0.3) is 0 Å². The number of nitrogens with one attached hydrogen (secondary N) is 1. The van der Waals surface area contributed by atoms with E-state index in [1.54, 1.807) is 18.9 Å². The first kappa shape index (κ1) is 18.4. The number of anilines is 1.